The molecular formula is C29H32N2. The third kappa shape index (κ3) is 3.08. The van der Waals surface area contributed by atoms with Gasteiger partial charge in [-0.1, -0.05) is 68.8 Å². The van der Waals surface area contributed by atoms with Crippen molar-refractivity contribution < 1.29 is 0 Å². The zero-order chi connectivity index (χ0) is 21.9. The van der Waals surface area contributed by atoms with Crippen LogP contribution in [0.5, 0.6) is 0 Å². The largest absolute Gasteiger partial charge is 0.399 e. The molecule has 2 heteroatoms. The van der Waals surface area contributed by atoms with Gasteiger partial charge in [-0.05, 0) is 88.2 Å². The van der Waals surface area contributed by atoms with Gasteiger partial charge in [-0.3, -0.25) is 0 Å². The van der Waals surface area contributed by atoms with Gasteiger partial charge in [-0.2, -0.15) is 0 Å². The van der Waals surface area contributed by atoms with Gasteiger partial charge in [0.25, 0.3) is 0 Å². The number of nitrogens with two attached hydrogens (primary N) is 2. The Labute approximate surface area is 186 Å². The second-order valence-corrected chi connectivity index (χ2v) is 9.83. The summed E-state index contributed by atoms with van der Waals surface area (Å²) in [6, 6.07) is 21.4. The number of hydrogen-bond donors (Lipinski definition) is 2. The van der Waals surface area contributed by atoms with Crippen LogP contribution in [0.3, 0.4) is 0 Å². The number of benzene rings is 3. The average Bonchev–Trinajstić information content (AvgIpc) is 3.02. The van der Waals surface area contributed by atoms with Crippen LogP contribution in [0.4, 0.5) is 11.4 Å². The van der Waals surface area contributed by atoms with Gasteiger partial charge in [0.15, 0.2) is 0 Å². The highest BCUT2D eigenvalue weighted by Gasteiger charge is 2.49. The van der Waals surface area contributed by atoms with E-state index in [9.17, 15) is 0 Å². The van der Waals surface area contributed by atoms with Crippen molar-refractivity contribution in [2.45, 2.75) is 39.5 Å². The normalized spacial score (nSPS) is 22.5. The molecule has 4 unspecified atom stereocenters. The van der Waals surface area contributed by atoms with Crippen molar-refractivity contribution in [1.29, 1.82) is 0 Å². The summed E-state index contributed by atoms with van der Waals surface area (Å²) in [5, 5.41) is 0. The Hall–Kier alpha value is -3.00. The maximum absolute atomic E-state index is 6.00. The van der Waals surface area contributed by atoms with Gasteiger partial charge in [-0.25, -0.2) is 0 Å². The standard InChI is InChI=1S/C29H32N2/c1-16(2)18(4)27-25-15-17(3)26(25)28-23(19-5-9-21(30)10-6-19)13-14-24(29(27)28)20-7-11-22(31)12-8-20/h5-16,18,25-27H,30-31H2,1-4H3. The zero-order valence-electron chi connectivity index (χ0n) is 18.9. The molecule has 0 aromatic heterocycles. The molecule has 2 nitrogen and oxygen atoms in total. The molecule has 4 N–H and O–H groups in total. The monoisotopic (exact) mass is 408 g/mol. The molecule has 0 spiro atoms. The Morgan fingerprint density at radius 1 is 0.677 bits per heavy atom. The van der Waals surface area contributed by atoms with E-state index in [1.807, 2.05) is 24.3 Å². The van der Waals surface area contributed by atoms with E-state index in [1.54, 1.807) is 5.56 Å². The fourth-order valence-electron chi connectivity index (χ4n) is 5.80. The minimum atomic E-state index is 0.516. The van der Waals surface area contributed by atoms with E-state index in [-0.39, 0.29) is 0 Å². The average molecular weight is 409 g/mol. The van der Waals surface area contributed by atoms with E-state index in [4.69, 9.17) is 11.5 Å². The molecule has 3 aromatic rings. The molecule has 2 aliphatic rings. The predicted octanol–water partition coefficient (Wildman–Crippen LogP) is 7.23. The van der Waals surface area contributed by atoms with Crippen molar-refractivity contribution in [3.8, 4) is 22.3 Å². The highest BCUT2D eigenvalue weighted by atomic mass is 14.6. The lowest BCUT2D eigenvalue weighted by atomic mass is 9.67. The minimum absolute atomic E-state index is 0.516. The van der Waals surface area contributed by atoms with Gasteiger partial charge in [0, 0.05) is 17.3 Å². The maximum Gasteiger partial charge on any atom is 0.0314 e. The van der Waals surface area contributed by atoms with Crippen LogP contribution in [0.1, 0.15) is 50.7 Å². The fraction of sp³-hybridized carbons (Fsp3) is 0.310. The molecular weight excluding hydrogens is 376 g/mol. The van der Waals surface area contributed by atoms with E-state index in [0.717, 1.165) is 11.4 Å². The predicted molar refractivity (Wildman–Crippen MR) is 133 cm³/mol. The quantitative estimate of drug-likeness (QED) is 0.353. The topological polar surface area (TPSA) is 52.0 Å². The molecule has 158 valence electrons. The molecule has 0 amide bonds. The Kier molecular flexibility index (Phi) is 4.69. The third-order valence-electron chi connectivity index (χ3n) is 7.74. The van der Waals surface area contributed by atoms with Crippen LogP contribution in [0.2, 0.25) is 0 Å². The third-order valence-corrected chi connectivity index (χ3v) is 7.74. The number of rotatable bonds is 4. The lowest BCUT2D eigenvalue weighted by Gasteiger charge is -2.36. The summed E-state index contributed by atoms with van der Waals surface area (Å²) in [5.41, 5.74) is 23.4. The minimum Gasteiger partial charge on any atom is -0.399 e. The van der Waals surface area contributed by atoms with Gasteiger partial charge < -0.3 is 11.5 Å². The number of fused-ring (bicyclic) bond motifs is 3. The summed E-state index contributed by atoms with van der Waals surface area (Å²) in [6.45, 7) is 9.46. The van der Waals surface area contributed by atoms with E-state index < -0.39 is 0 Å². The molecule has 0 bridgehead atoms. The van der Waals surface area contributed by atoms with Crippen molar-refractivity contribution in [2.24, 2.45) is 17.8 Å². The first kappa shape index (κ1) is 19.9. The molecule has 0 saturated carbocycles. The van der Waals surface area contributed by atoms with Gasteiger partial charge in [-0.15, -0.1) is 0 Å². The highest BCUT2D eigenvalue weighted by molar-refractivity contribution is 5.82. The summed E-state index contributed by atoms with van der Waals surface area (Å²) in [7, 11) is 0. The smallest absolute Gasteiger partial charge is 0.0314 e. The van der Waals surface area contributed by atoms with Crippen LogP contribution in [0.25, 0.3) is 22.3 Å². The van der Waals surface area contributed by atoms with E-state index >= 15 is 0 Å². The summed E-state index contributed by atoms with van der Waals surface area (Å²) in [4.78, 5) is 0. The van der Waals surface area contributed by atoms with E-state index in [0.29, 0.717) is 29.6 Å². The van der Waals surface area contributed by atoms with Crippen LogP contribution < -0.4 is 11.5 Å². The molecule has 0 aliphatic heterocycles. The van der Waals surface area contributed by atoms with Gasteiger partial charge in [0.05, 0.1) is 0 Å². The van der Waals surface area contributed by atoms with Crippen LogP contribution >= 0.6 is 0 Å². The molecule has 0 fully saturated rings. The van der Waals surface area contributed by atoms with Crippen molar-refractivity contribution in [3.05, 3.63) is 83.4 Å². The first-order chi connectivity index (χ1) is 14.9. The molecule has 4 atom stereocenters. The van der Waals surface area contributed by atoms with Gasteiger partial charge in [0.2, 0.25) is 0 Å². The summed E-state index contributed by atoms with van der Waals surface area (Å²) < 4.78 is 0. The van der Waals surface area contributed by atoms with Crippen LogP contribution in [0.15, 0.2) is 72.3 Å². The Morgan fingerprint density at radius 3 is 1.61 bits per heavy atom. The van der Waals surface area contributed by atoms with E-state index in [2.05, 4.69) is 70.2 Å². The summed E-state index contributed by atoms with van der Waals surface area (Å²) >= 11 is 0. The lowest BCUT2D eigenvalue weighted by Crippen LogP contribution is -2.26. The van der Waals surface area contributed by atoms with Gasteiger partial charge in [0.1, 0.15) is 0 Å². The SMILES string of the molecule is CC1=CC2C1c1c(-c3ccc(N)cc3)ccc(-c3ccc(N)cc3)c1C2C(C)C(C)C. The van der Waals surface area contributed by atoms with Crippen LogP contribution in [-0.4, -0.2) is 0 Å². The Balaban J connectivity index is 1.78. The van der Waals surface area contributed by atoms with Crippen molar-refractivity contribution in [3.63, 3.8) is 0 Å². The molecule has 0 heterocycles. The summed E-state index contributed by atoms with van der Waals surface area (Å²) in [6.07, 6.45) is 2.52. The van der Waals surface area contributed by atoms with Crippen LogP contribution in [0, 0.1) is 17.8 Å². The Morgan fingerprint density at radius 2 is 1.16 bits per heavy atom. The number of nitrogen functional groups attached to an aromatic ring is 2. The first-order valence-corrected chi connectivity index (χ1v) is 11.4. The molecule has 2 aliphatic carbocycles. The maximum atomic E-state index is 6.00. The number of allylic oxidation sites excluding steroid dienone is 2. The molecule has 0 radical (unpaired) electrons. The number of hydrogen-bond acceptors (Lipinski definition) is 2. The molecule has 3 aromatic carbocycles. The summed E-state index contributed by atoms with van der Waals surface area (Å²) in [5.74, 6) is 2.87. The molecule has 5 rings (SSSR count). The second kappa shape index (κ2) is 7.30. The number of anilines is 2. The van der Waals surface area contributed by atoms with Crippen molar-refractivity contribution >= 4 is 11.4 Å². The zero-order valence-corrected chi connectivity index (χ0v) is 18.9. The first-order valence-electron chi connectivity index (χ1n) is 11.4. The molecule has 31 heavy (non-hydrogen) atoms. The Bertz CT molecular complexity index is 1150. The highest BCUT2D eigenvalue weighted by Crippen LogP contribution is 2.63. The fourth-order valence-corrected chi connectivity index (χ4v) is 5.80. The lowest BCUT2D eigenvalue weighted by molar-refractivity contribution is 0.286. The van der Waals surface area contributed by atoms with Crippen LogP contribution in [-0.2, 0) is 0 Å². The molecule has 0 saturated heterocycles. The van der Waals surface area contributed by atoms with E-state index in [1.165, 1.54) is 33.4 Å². The second-order valence-electron chi connectivity index (χ2n) is 9.83. The van der Waals surface area contributed by atoms with Crippen molar-refractivity contribution in [2.75, 3.05) is 11.5 Å². The van der Waals surface area contributed by atoms with Gasteiger partial charge >= 0.3 is 0 Å². The van der Waals surface area contributed by atoms with Crippen molar-refractivity contribution in [1.82, 2.24) is 0 Å².